The maximum absolute atomic E-state index is 13.5. The predicted octanol–water partition coefficient (Wildman–Crippen LogP) is 4.00. The molecule has 0 amide bonds. The highest BCUT2D eigenvalue weighted by atomic mass is 19.1. The van der Waals surface area contributed by atoms with Crippen molar-refractivity contribution in [3.8, 4) is 5.75 Å². The third kappa shape index (κ3) is 4.88. The Morgan fingerprint density at radius 2 is 2.17 bits per heavy atom. The molecule has 0 saturated carbocycles. The molecule has 3 heteroatoms. The minimum Gasteiger partial charge on any atom is -0.493 e. The van der Waals surface area contributed by atoms with Gasteiger partial charge in [0.2, 0.25) is 0 Å². The molecule has 0 spiro atoms. The number of benzene rings is 1. The van der Waals surface area contributed by atoms with Crippen LogP contribution in [0.4, 0.5) is 4.39 Å². The minimum absolute atomic E-state index is 0.299. The van der Waals surface area contributed by atoms with Gasteiger partial charge >= 0.3 is 0 Å². The molecule has 0 unspecified atom stereocenters. The Morgan fingerprint density at radius 3 is 2.78 bits per heavy atom. The zero-order valence-corrected chi connectivity index (χ0v) is 10.9. The Bertz CT molecular complexity index is 375. The van der Waals surface area contributed by atoms with E-state index in [1.165, 1.54) is 6.07 Å². The molecule has 1 atom stereocenters. The molecule has 1 aromatic carbocycles. The molecular weight excluding hydrogens is 231 g/mol. The molecule has 100 valence electrons. The van der Waals surface area contributed by atoms with Crippen molar-refractivity contribution in [3.05, 3.63) is 42.2 Å². The molecule has 1 N–H and O–H groups in total. The average Bonchev–Trinajstić information content (AvgIpc) is 2.33. The van der Waals surface area contributed by atoms with Crippen molar-refractivity contribution in [2.75, 3.05) is 6.61 Å². The highest BCUT2D eigenvalue weighted by molar-refractivity contribution is 5.29. The number of hydrogen-bond acceptors (Lipinski definition) is 2. The molecule has 2 nitrogen and oxygen atoms in total. The van der Waals surface area contributed by atoms with E-state index in [-0.39, 0.29) is 0 Å². The van der Waals surface area contributed by atoms with Crippen molar-refractivity contribution in [3.63, 3.8) is 0 Å². The van der Waals surface area contributed by atoms with Gasteiger partial charge in [-0.2, -0.15) is 0 Å². The second-order valence-electron chi connectivity index (χ2n) is 4.35. The van der Waals surface area contributed by atoms with Gasteiger partial charge in [0, 0.05) is 11.6 Å². The number of allylic oxidation sites excluding steroid dienone is 1. The molecule has 0 radical (unpaired) electrons. The number of halogens is 1. The Kier molecular flexibility index (Phi) is 6.44. The van der Waals surface area contributed by atoms with E-state index in [0.717, 1.165) is 25.7 Å². The van der Waals surface area contributed by atoms with Gasteiger partial charge in [0.05, 0.1) is 12.7 Å². The Morgan fingerprint density at radius 1 is 1.39 bits per heavy atom. The monoisotopic (exact) mass is 252 g/mol. The van der Waals surface area contributed by atoms with Crippen LogP contribution in [-0.2, 0) is 0 Å². The Labute approximate surface area is 108 Å². The van der Waals surface area contributed by atoms with Crippen LogP contribution in [0.2, 0.25) is 0 Å². The first-order chi connectivity index (χ1) is 8.65. The summed E-state index contributed by atoms with van der Waals surface area (Å²) in [7, 11) is 0. The summed E-state index contributed by atoms with van der Waals surface area (Å²) < 4.78 is 19.0. The topological polar surface area (TPSA) is 29.5 Å². The standard InChI is InChI=1S/C15H21FO2/c1-3-4-5-6-7-10-18-13-8-9-14(12(2)17)15(16)11-13/h3,8-9,11-12,17H,1,4-7,10H2,2H3/t12-/m0/s1. The molecule has 0 aromatic heterocycles. The Balaban J connectivity index is 2.35. The first kappa shape index (κ1) is 14.7. The molecule has 0 aliphatic carbocycles. The lowest BCUT2D eigenvalue weighted by molar-refractivity contribution is 0.194. The van der Waals surface area contributed by atoms with Gasteiger partial charge < -0.3 is 9.84 Å². The van der Waals surface area contributed by atoms with Gasteiger partial charge in [-0.3, -0.25) is 0 Å². The highest BCUT2D eigenvalue weighted by Crippen LogP contribution is 2.21. The molecule has 18 heavy (non-hydrogen) atoms. The number of aliphatic hydroxyl groups excluding tert-OH is 1. The number of hydrogen-bond donors (Lipinski definition) is 1. The van der Waals surface area contributed by atoms with Crippen LogP contribution in [0.1, 0.15) is 44.3 Å². The number of aliphatic hydroxyl groups is 1. The van der Waals surface area contributed by atoms with Crippen LogP contribution in [0, 0.1) is 5.82 Å². The summed E-state index contributed by atoms with van der Waals surface area (Å²) in [6.07, 6.45) is 5.29. The van der Waals surface area contributed by atoms with Crippen LogP contribution < -0.4 is 4.74 Å². The van der Waals surface area contributed by atoms with Crippen LogP contribution in [0.25, 0.3) is 0 Å². The zero-order valence-electron chi connectivity index (χ0n) is 10.9. The summed E-state index contributed by atoms with van der Waals surface area (Å²) in [5, 5.41) is 9.30. The molecule has 0 aliphatic rings. The van der Waals surface area contributed by atoms with Crippen LogP contribution >= 0.6 is 0 Å². The van der Waals surface area contributed by atoms with Gasteiger partial charge in [0.15, 0.2) is 0 Å². The van der Waals surface area contributed by atoms with Crippen LogP contribution in [-0.4, -0.2) is 11.7 Å². The maximum atomic E-state index is 13.5. The largest absolute Gasteiger partial charge is 0.493 e. The zero-order chi connectivity index (χ0) is 13.4. The summed E-state index contributed by atoms with van der Waals surface area (Å²) in [5.41, 5.74) is 0.299. The molecule has 0 saturated heterocycles. The SMILES string of the molecule is C=CCCCCCOc1ccc([C@H](C)O)c(F)c1. The van der Waals surface area contributed by atoms with E-state index in [2.05, 4.69) is 6.58 Å². The lowest BCUT2D eigenvalue weighted by Crippen LogP contribution is -2.00. The van der Waals surface area contributed by atoms with E-state index in [4.69, 9.17) is 4.74 Å². The second-order valence-corrected chi connectivity index (χ2v) is 4.35. The van der Waals surface area contributed by atoms with Crippen molar-refractivity contribution in [1.29, 1.82) is 0 Å². The van der Waals surface area contributed by atoms with Crippen molar-refractivity contribution < 1.29 is 14.2 Å². The van der Waals surface area contributed by atoms with Crippen molar-refractivity contribution in [2.45, 2.75) is 38.7 Å². The Hall–Kier alpha value is -1.35. The minimum atomic E-state index is -0.794. The molecule has 0 fully saturated rings. The van der Waals surface area contributed by atoms with Gasteiger partial charge in [-0.1, -0.05) is 6.08 Å². The lowest BCUT2D eigenvalue weighted by atomic mass is 10.1. The van der Waals surface area contributed by atoms with E-state index in [0.29, 0.717) is 17.9 Å². The van der Waals surface area contributed by atoms with Crippen molar-refractivity contribution in [2.24, 2.45) is 0 Å². The van der Waals surface area contributed by atoms with E-state index in [1.54, 1.807) is 19.1 Å². The van der Waals surface area contributed by atoms with E-state index in [9.17, 15) is 9.50 Å². The molecule has 0 bridgehead atoms. The molecule has 1 aromatic rings. The van der Waals surface area contributed by atoms with Gasteiger partial charge in [0.1, 0.15) is 11.6 Å². The normalized spacial score (nSPS) is 12.2. The highest BCUT2D eigenvalue weighted by Gasteiger charge is 2.08. The van der Waals surface area contributed by atoms with E-state index in [1.807, 2.05) is 6.08 Å². The van der Waals surface area contributed by atoms with E-state index < -0.39 is 11.9 Å². The van der Waals surface area contributed by atoms with Gasteiger partial charge in [-0.15, -0.1) is 6.58 Å². The summed E-state index contributed by atoms with van der Waals surface area (Å²) in [6.45, 7) is 5.79. The van der Waals surface area contributed by atoms with E-state index >= 15 is 0 Å². The summed E-state index contributed by atoms with van der Waals surface area (Å²) in [5.74, 6) is 0.0924. The quantitative estimate of drug-likeness (QED) is 0.559. The van der Waals surface area contributed by atoms with Crippen LogP contribution in [0.5, 0.6) is 5.75 Å². The van der Waals surface area contributed by atoms with Crippen LogP contribution in [0.3, 0.4) is 0 Å². The molecule has 1 rings (SSSR count). The van der Waals surface area contributed by atoms with Gasteiger partial charge in [-0.25, -0.2) is 4.39 Å². The first-order valence-electron chi connectivity index (χ1n) is 6.36. The van der Waals surface area contributed by atoms with Gasteiger partial charge in [-0.05, 0) is 44.7 Å². The molecule has 0 aliphatic heterocycles. The fourth-order valence-corrected chi connectivity index (χ4v) is 1.69. The third-order valence-corrected chi connectivity index (χ3v) is 2.74. The first-order valence-corrected chi connectivity index (χ1v) is 6.36. The summed E-state index contributed by atoms with van der Waals surface area (Å²) >= 11 is 0. The second kappa shape index (κ2) is 7.88. The van der Waals surface area contributed by atoms with Crippen molar-refractivity contribution in [1.82, 2.24) is 0 Å². The molecule has 0 heterocycles. The average molecular weight is 252 g/mol. The lowest BCUT2D eigenvalue weighted by Gasteiger charge is -2.09. The number of ether oxygens (including phenoxy) is 1. The van der Waals surface area contributed by atoms with Gasteiger partial charge in [0.25, 0.3) is 0 Å². The smallest absolute Gasteiger partial charge is 0.132 e. The van der Waals surface area contributed by atoms with Crippen LogP contribution in [0.15, 0.2) is 30.9 Å². The number of unbranched alkanes of at least 4 members (excludes halogenated alkanes) is 3. The third-order valence-electron chi connectivity index (χ3n) is 2.74. The molecular formula is C15H21FO2. The maximum Gasteiger partial charge on any atom is 0.132 e. The summed E-state index contributed by atoms with van der Waals surface area (Å²) in [4.78, 5) is 0. The summed E-state index contributed by atoms with van der Waals surface area (Å²) in [6, 6.07) is 4.58. The fraction of sp³-hybridized carbons (Fsp3) is 0.467. The van der Waals surface area contributed by atoms with Crippen molar-refractivity contribution >= 4 is 0 Å². The predicted molar refractivity (Wildman–Crippen MR) is 71.2 cm³/mol. The number of rotatable bonds is 8. The fourth-order valence-electron chi connectivity index (χ4n) is 1.69.